The van der Waals surface area contributed by atoms with Crippen LogP contribution in [0.4, 0.5) is 16.2 Å². The highest BCUT2D eigenvalue weighted by atomic mass is 16.6. The molecule has 1 aliphatic heterocycles. The summed E-state index contributed by atoms with van der Waals surface area (Å²) >= 11 is 0. The molecule has 3 rings (SSSR count). The van der Waals surface area contributed by atoms with Crippen LogP contribution in [0.25, 0.3) is 0 Å². The van der Waals surface area contributed by atoms with Gasteiger partial charge in [0.1, 0.15) is 6.54 Å². The van der Waals surface area contributed by atoms with Gasteiger partial charge in [0.25, 0.3) is 17.5 Å². The lowest BCUT2D eigenvalue weighted by atomic mass is 10.1. The second-order valence-corrected chi connectivity index (χ2v) is 6.50. The molecular formula is C19H16N4O6. The molecule has 0 aromatic heterocycles. The van der Waals surface area contributed by atoms with Crippen LogP contribution >= 0.6 is 0 Å². The molecule has 10 nitrogen and oxygen atoms in total. The summed E-state index contributed by atoms with van der Waals surface area (Å²) in [6, 6.07) is 7.78. The van der Waals surface area contributed by atoms with E-state index in [1.165, 1.54) is 6.07 Å². The number of hydrogen-bond acceptors (Lipinski definition) is 6. The summed E-state index contributed by atoms with van der Waals surface area (Å²) in [5.41, 5.74) is 1.78. The van der Waals surface area contributed by atoms with E-state index in [9.17, 15) is 29.3 Å². The first-order valence-corrected chi connectivity index (χ1v) is 8.50. The van der Waals surface area contributed by atoms with Crippen LogP contribution in [0.3, 0.4) is 0 Å². The van der Waals surface area contributed by atoms with Crippen molar-refractivity contribution in [3.63, 3.8) is 0 Å². The van der Waals surface area contributed by atoms with Crippen molar-refractivity contribution in [3.05, 3.63) is 68.8 Å². The van der Waals surface area contributed by atoms with Crippen molar-refractivity contribution in [1.82, 2.24) is 10.2 Å². The smallest absolute Gasteiger partial charge is 0.307 e. The van der Waals surface area contributed by atoms with E-state index in [4.69, 9.17) is 0 Å². The van der Waals surface area contributed by atoms with Gasteiger partial charge in [0, 0.05) is 17.8 Å². The number of amides is 5. The molecular weight excluding hydrogens is 380 g/mol. The molecule has 0 fully saturated rings. The number of rotatable bonds is 4. The summed E-state index contributed by atoms with van der Waals surface area (Å²) in [6.07, 6.45) is 0. The Balaban J connectivity index is 1.66. The van der Waals surface area contributed by atoms with Crippen LogP contribution in [0.5, 0.6) is 0 Å². The van der Waals surface area contributed by atoms with E-state index in [0.29, 0.717) is 10.6 Å². The first-order valence-electron chi connectivity index (χ1n) is 8.50. The molecule has 2 N–H and O–H groups in total. The Morgan fingerprint density at radius 2 is 1.72 bits per heavy atom. The van der Waals surface area contributed by atoms with Gasteiger partial charge < -0.3 is 5.32 Å². The number of anilines is 1. The van der Waals surface area contributed by atoms with Crippen LogP contribution in [0.2, 0.25) is 0 Å². The van der Waals surface area contributed by atoms with Crippen molar-refractivity contribution in [2.75, 3.05) is 11.9 Å². The quantitative estimate of drug-likeness (QED) is 0.461. The average Bonchev–Trinajstić information content (AvgIpc) is 2.88. The zero-order valence-corrected chi connectivity index (χ0v) is 15.5. The number of aryl methyl sites for hydroxylation is 2. The predicted octanol–water partition coefficient (Wildman–Crippen LogP) is 2.16. The van der Waals surface area contributed by atoms with E-state index in [-0.39, 0.29) is 16.8 Å². The summed E-state index contributed by atoms with van der Waals surface area (Å²) < 4.78 is 0. The SMILES string of the molecule is Cc1ccc(NC(=O)NC(=O)CN2C(=O)c3ccc([N+](=O)[O-])cc3C2=O)c(C)c1. The van der Waals surface area contributed by atoms with Crippen molar-refractivity contribution in [2.45, 2.75) is 13.8 Å². The van der Waals surface area contributed by atoms with Crippen LogP contribution in [0.1, 0.15) is 31.8 Å². The standard InChI is InChI=1S/C19H16N4O6/c1-10-3-6-15(11(2)7-10)20-19(27)21-16(24)9-22-17(25)13-5-4-12(23(28)29)8-14(13)18(22)26/h3-8H,9H2,1-2H3,(H2,20,21,24,27). The third-order valence-electron chi connectivity index (χ3n) is 4.35. The van der Waals surface area contributed by atoms with Gasteiger partial charge in [-0.3, -0.25) is 34.7 Å². The molecule has 0 saturated carbocycles. The number of nitrogens with one attached hydrogen (secondary N) is 2. The summed E-state index contributed by atoms with van der Waals surface area (Å²) in [7, 11) is 0. The van der Waals surface area contributed by atoms with Gasteiger partial charge in [-0.1, -0.05) is 17.7 Å². The lowest BCUT2D eigenvalue weighted by Gasteiger charge is -2.14. The fourth-order valence-corrected chi connectivity index (χ4v) is 2.95. The van der Waals surface area contributed by atoms with Gasteiger partial charge in [-0.15, -0.1) is 0 Å². The van der Waals surface area contributed by atoms with Crippen LogP contribution < -0.4 is 10.6 Å². The predicted molar refractivity (Wildman–Crippen MR) is 102 cm³/mol. The van der Waals surface area contributed by atoms with Crippen LogP contribution in [-0.2, 0) is 4.79 Å². The second-order valence-electron chi connectivity index (χ2n) is 6.50. The van der Waals surface area contributed by atoms with Crippen LogP contribution in [-0.4, -0.2) is 40.1 Å². The maximum atomic E-state index is 12.4. The number of carbonyl (C=O) groups excluding carboxylic acids is 4. The Morgan fingerprint density at radius 3 is 2.38 bits per heavy atom. The molecule has 0 aliphatic carbocycles. The number of carbonyl (C=O) groups is 4. The molecule has 148 valence electrons. The number of urea groups is 1. The molecule has 1 heterocycles. The number of nitro benzene ring substituents is 1. The van der Waals surface area contributed by atoms with Gasteiger partial charge in [0.15, 0.2) is 0 Å². The van der Waals surface area contributed by atoms with Gasteiger partial charge in [-0.05, 0) is 31.5 Å². The lowest BCUT2D eigenvalue weighted by molar-refractivity contribution is -0.384. The van der Waals surface area contributed by atoms with Gasteiger partial charge in [0.2, 0.25) is 5.91 Å². The number of nitro groups is 1. The van der Waals surface area contributed by atoms with Crippen molar-refractivity contribution in [1.29, 1.82) is 0 Å². The van der Waals surface area contributed by atoms with Gasteiger partial charge >= 0.3 is 6.03 Å². The number of benzene rings is 2. The van der Waals surface area contributed by atoms with E-state index in [2.05, 4.69) is 10.6 Å². The molecule has 0 unspecified atom stereocenters. The Hall–Kier alpha value is -4.08. The molecule has 0 saturated heterocycles. The largest absolute Gasteiger partial charge is 0.325 e. The Labute approximate surface area is 164 Å². The molecule has 1 aliphatic rings. The van der Waals surface area contributed by atoms with Crippen LogP contribution in [0.15, 0.2) is 36.4 Å². The number of nitrogens with zero attached hydrogens (tertiary/aromatic N) is 2. The van der Waals surface area contributed by atoms with Crippen molar-refractivity contribution in [3.8, 4) is 0 Å². The highest BCUT2D eigenvalue weighted by molar-refractivity contribution is 6.23. The fraction of sp³-hybridized carbons (Fsp3) is 0.158. The zero-order chi connectivity index (χ0) is 21.3. The molecule has 10 heteroatoms. The maximum absolute atomic E-state index is 12.4. The molecule has 2 aromatic rings. The Kier molecular flexibility index (Phi) is 5.09. The van der Waals surface area contributed by atoms with E-state index < -0.39 is 35.2 Å². The number of hydrogen-bond donors (Lipinski definition) is 2. The molecule has 0 bridgehead atoms. The summed E-state index contributed by atoms with van der Waals surface area (Å²) in [5.74, 6) is -2.47. The lowest BCUT2D eigenvalue weighted by Crippen LogP contribution is -2.43. The topological polar surface area (TPSA) is 139 Å². The van der Waals surface area contributed by atoms with Gasteiger partial charge in [-0.2, -0.15) is 0 Å². The summed E-state index contributed by atoms with van der Waals surface area (Å²) in [5, 5.41) is 15.4. The molecule has 0 spiro atoms. The number of non-ortho nitro benzene ring substituents is 1. The minimum atomic E-state index is -0.878. The average molecular weight is 396 g/mol. The monoisotopic (exact) mass is 396 g/mol. The van der Waals surface area contributed by atoms with E-state index >= 15 is 0 Å². The van der Waals surface area contributed by atoms with E-state index in [1.54, 1.807) is 19.1 Å². The minimum Gasteiger partial charge on any atom is -0.307 e. The highest BCUT2D eigenvalue weighted by Crippen LogP contribution is 2.26. The molecule has 29 heavy (non-hydrogen) atoms. The maximum Gasteiger partial charge on any atom is 0.325 e. The first-order chi connectivity index (χ1) is 13.7. The fourth-order valence-electron chi connectivity index (χ4n) is 2.95. The number of imide groups is 2. The van der Waals surface area contributed by atoms with Crippen LogP contribution in [0, 0.1) is 24.0 Å². The minimum absolute atomic E-state index is 0.0341. The third kappa shape index (κ3) is 3.95. The zero-order valence-electron chi connectivity index (χ0n) is 15.5. The summed E-state index contributed by atoms with van der Waals surface area (Å²) in [6.45, 7) is 3.00. The molecule has 0 atom stereocenters. The molecule has 5 amide bonds. The summed E-state index contributed by atoms with van der Waals surface area (Å²) in [4.78, 5) is 59.7. The normalized spacial score (nSPS) is 12.6. The van der Waals surface area contributed by atoms with Crippen molar-refractivity contribution in [2.24, 2.45) is 0 Å². The number of fused-ring (bicyclic) bond motifs is 1. The second kappa shape index (κ2) is 7.50. The van der Waals surface area contributed by atoms with Gasteiger partial charge in [-0.25, -0.2) is 4.79 Å². The highest BCUT2D eigenvalue weighted by Gasteiger charge is 2.38. The Bertz CT molecular complexity index is 1080. The van der Waals surface area contributed by atoms with Gasteiger partial charge in [0.05, 0.1) is 16.1 Å². The van der Waals surface area contributed by atoms with Crippen molar-refractivity contribution < 1.29 is 24.1 Å². The molecule has 0 radical (unpaired) electrons. The van der Waals surface area contributed by atoms with E-state index in [0.717, 1.165) is 23.3 Å². The van der Waals surface area contributed by atoms with Crippen molar-refractivity contribution >= 4 is 35.1 Å². The Morgan fingerprint density at radius 1 is 1.03 bits per heavy atom. The van der Waals surface area contributed by atoms with E-state index in [1.807, 2.05) is 13.0 Å². The first kappa shape index (κ1) is 19.7. The molecule has 2 aromatic carbocycles. The third-order valence-corrected chi connectivity index (χ3v) is 4.35.